The lowest BCUT2D eigenvalue weighted by atomic mass is 10.1. The Balaban J connectivity index is 1.60. The minimum atomic E-state index is -0.588. The molecule has 1 amide bonds. The first-order valence-corrected chi connectivity index (χ1v) is 7.97. The van der Waals surface area contributed by atoms with E-state index in [0.29, 0.717) is 13.0 Å². The fourth-order valence-corrected chi connectivity index (χ4v) is 2.75. The molecule has 0 fully saturated rings. The number of hydrogen-bond acceptors (Lipinski definition) is 3. The maximum atomic E-state index is 12.3. The number of imidazole rings is 1. The number of rotatable bonds is 6. The molecule has 1 N–H and O–H groups in total. The highest BCUT2D eigenvalue weighted by molar-refractivity contribution is 5.82. The van der Waals surface area contributed by atoms with Crippen LogP contribution in [0.3, 0.4) is 0 Å². The summed E-state index contributed by atoms with van der Waals surface area (Å²) in [6.45, 7) is 2.56. The Hall–Kier alpha value is -2.66. The van der Waals surface area contributed by atoms with Gasteiger partial charge in [0.1, 0.15) is 5.65 Å². The number of fused-ring (bicyclic) bond motifs is 1. The molecule has 0 aliphatic heterocycles. The quantitative estimate of drug-likeness (QED) is 0.759. The van der Waals surface area contributed by atoms with Crippen molar-refractivity contribution in [2.24, 2.45) is 0 Å². The summed E-state index contributed by atoms with van der Waals surface area (Å²) in [5.74, 6) is -0.136. The van der Waals surface area contributed by atoms with Crippen LogP contribution in [0.25, 0.3) is 5.65 Å². The lowest BCUT2D eigenvalue weighted by Crippen LogP contribution is -2.32. The van der Waals surface area contributed by atoms with Gasteiger partial charge in [-0.25, -0.2) is 4.98 Å². The van der Waals surface area contributed by atoms with Crippen LogP contribution >= 0.6 is 0 Å². The first-order valence-electron chi connectivity index (χ1n) is 7.97. The van der Waals surface area contributed by atoms with Crippen molar-refractivity contribution in [1.82, 2.24) is 14.7 Å². The number of aryl methyl sites for hydroxylation is 1. The van der Waals surface area contributed by atoms with Crippen molar-refractivity contribution in [2.75, 3.05) is 13.7 Å². The zero-order valence-electron chi connectivity index (χ0n) is 13.9. The monoisotopic (exact) mass is 323 g/mol. The van der Waals surface area contributed by atoms with Crippen LogP contribution in [0.1, 0.15) is 22.9 Å². The number of pyridine rings is 1. The number of carbonyl (C=O) groups is 1. The van der Waals surface area contributed by atoms with Crippen molar-refractivity contribution in [3.63, 3.8) is 0 Å². The average molecular weight is 323 g/mol. The summed E-state index contributed by atoms with van der Waals surface area (Å²) in [5.41, 5.74) is 3.90. The minimum absolute atomic E-state index is 0.136. The molecule has 5 heteroatoms. The number of nitrogens with one attached hydrogen (secondary N) is 1. The van der Waals surface area contributed by atoms with Crippen LogP contribution in [0, 0.1) is 6.92 Å². The summed E-state index contributed by atoms with van der Waals surface area (Å²) in [6.07, 6.45) is 4.07. The summed E-state index contributed by atoms with van der Waals surface area (Å²) in [6, 6.07) is 13.5. The van der Waals surface area contributed by atoms with Gasteiger partial charge in [0.25, 0.3) is 5.91 Å². The number of nitrogens with zero attached hydrogens (tertiary/aromatic N) is 2. The molecule has 24 heavy (non-hydrogen) atoms. The fraction of sp³-hybridized carbons (Fsp3) is 0.263. The van der Waals surface area contributed by atoms with Crippen LogP contribution in [-0.4, -0.2) is 28.9 Å². The van der Waals surface area contributed by atoms with Crippen LogP contribution in [-0.2, 0) is 16.0 Å². The summed E-state index contributed by atoms with van der Waals surface area (Å²) in [4.78, 5) is 16.9. The Morgan fingerprint density at radius 1 is 1.25 bits per heavy atom. The van der Waals surface area contributed by atoms with Gasteiger partial charge in [-0.1, -0.05) is 36.4 Å². The molecule has 2 aromatic heterocycles. The molecule has 0 unspecified atom stereocenters. The van der Waals surface area contributed by atoms with E-state index in [9.17, 15) is 4.79 Å². The van der Waals surface area contributed by atoms with Crippen LogP contribution in [0.15, 0.2) is 54.9 Å². The Bertz CT molecular complexity index is 827. The van der Waals surface area contributed by atoms with Gasteiger partial charge in [0.05, 0.1) is 5.69 Å². The molecule has 0 aliphatic rings. The van der Waals surface area contributed by atoms with E-state index in [0.717, 1.165) is 22.5 Å². The van der Waals surface area contributed by atoms with Crippen LogP contribution < -0.4 is 5.32 Å². The fourth-order valence-electron chi connectivity index (χ4n) is 2.75. The van der Waals surface area contributed by atoms with E-state index >= 15 is 0 Å². The molecule has 1 atom stereocenters. The standard InChI is InChI=1S/C19H21N3O2/c1-14-7-6-12-22-13-16(21-18(14)22)10-11-20-19(23)17(24-2)15-8-4-3-5-9-15/h3-9,12-13,17H,10-11H2,1-2H3,(H,20,23)/t17-/m1/s1. The van der Waals surface area contributed by atoms with Gasteiger partial charge in [0, 0.05) is 32.5 Å². The number of methoxy groups -OCH3 is 1. The third-order valence-corrected chi connectivity index (χ3v) is 3.98. The lowest BCUT2D eigenvalue weighted by Gasteiger charge is -2.15. The van der Waals surface area contributed by atoms with Crippen molar-refractivity contribution in [3.05, 3.63) is 71.7 Å². The topological polar surface area (TPSA) is 55.6 Å². The van der Waals surface area contributed by atoms with E-state index in [1.165, 1.54) is 0 Å². The maximum absolute atomic E-state index is 12.3. The Labute approximate surface area is 141 Å². The summed E-state index contributed by atoms with van der Waals surface area (Å²) < 4.78 is 7.34. The molecule has 0 saturated heterocycles. The van der Waals surface area contributed by atoms with Crippen molar-refractivity contribution < 1.29 is 9.53 Å². The predicted molar refractivity (Wildman–Crippen MR) is 92.8 cm³/mol. The van der Waals surface area contributed by atoms with E-state index in [1.54, 1.807) is 7.11 Å². The number of aromatic nitrogens is 2. The SMILES string of the molecule is CO[C@@H](C(=O)NCCc1cn2cccc(C)c2n1)c1ccccc1. The molecule has 0 bridgehead atoms. The summed E-state index contributed by atoms with van der Waals surface area (Å²) in [7, 11) is 1.54. The van der Waals surface area contributed by atoms with Gasteiger partial charge in [0.15, 0.2) is 6.10 Å². The molecule has 1 aromatic carbocycles. The second-order valence-electron chi connectivity index (χ2n) is 5.72. The molecular weight excluding hydrogens is 302 g/mol. The molecule has 0 radical (unpaired) electrons. The summed E-state index contributed by atoms with van der Waals surface area (Å²) in [5, 5.41) is 2.93. The van der Waals surface area contributed by atoms with Crippen molar-refractivity contribution >= 4 is 11.6 Å². The van der Waals surface area contributed by atoms with Crippen LogP contribution in [0.2, 0.25) is 0 Å². The first-order chi connectivity index (χ1) is 11.7. The van der Waals surface area contributed by atoms with Crippen molar-refractivity contribution in [2.45, 2.75) is 19.4 Å². The number of ether oxygens (including phenoxy) is 1. The van der Waals surface area contributed by atoms with Gasteiger partial charge in [-0.3, -0.25) is 4.79 Å². The normalized spacial score (nSPS) is 12.2. The Kier molecular flexibility index (Phi) is 4.91. The number of hydrogen-bond donors (Lipinski definition) is 1. The molecule has 3 rings (SSSR count). The van der Waals surface area contributed by atoms with E-state index < -0.39 is 6.10 Å². The van der Waals surface area contributed by atoms with Gasteiger partial charge < -0.3 is 14.5 Å². The second kappa shape index (κ2) is 7.27. The molecule has 2 heterocycles. The van der Waals surface area contributed by atoms with Gasteiger partial charge in [0.2, 0.25) is 0 Å². The zero-order valence-corrected chi connectivity index (χ0v) is 13.9. The molecule has 5 nitrogen and oxygen atoms in total. The van der Waals surface area contributed by atoms with Gasteiger partial charge in [-0.15, -0.1) is 0 Å². The second-order valence-corrected chi connectivity index (χ2v) is 5.72. The largest absolute Gasteiger partial charge is 0.367 e. The van der Waals surface area contributed by atoms with E-state index in [-0.39, 0.29) is 5.91 Å². The van der Waals surface area contributed by atoms with Gasteiger partial charge >= 0.3 is 0 Å². The minimum Gasteiger partial charge on any atom is -0.367 e. The molecule has 124 valence electrons. The number of benzene rings is 1. The third-order valence-electron chi connectivity index (χ3n) is 3.98. The maximum Gasteiger partial charge on any atom is 0.253 e. The van der Waals surface area contributed by atoms with Crippen molar-refractivity contribution in [1.29, 1.82) is 0 Å². The zero-order chi connectivity index (χ0) is 16.9. The van der Waals surface area contributed by atoms with Gasteiger partial charge in [-0.2, -0.15) is 0 Å². The lowest BCUT2D eigenvalue weighted by molar-refractivity contribution is -0.131. The molecular formula is C19H21N3O2. The van der Waals surface area contributed by atoms with Crippen LogP contribution in [0.5, 0.6) is 0 Å². The van der Waals surface area contributed by atoms with Crippen LogP contribution in [0.4, 0.5) is 0 Å². The Morgan fingerprint density at radius 2 is 2.04 bits per heavy atom. The number of carbonyl (C=O) groups excluding carboxylic acids is 1. The van der Waals surface area contributed by atoms with E-state index in [1.807, 2.05) is 66.2 Å². The van der Waals surface area contributed by atoms with E-state index in [2.05, 4.69) is 10.3 Å². The van der Waals surface area contributed by atoms with E-state index in [4.69, 9.17) is 4.74 Å². The highest BCUT2D eigenvalue weighted by atomic mass is 16.5. The summed E-state index contributed by atoms with van der Waals surface area (Å²) >= 11 is 0. The molecule has 0 aliphatic carbocycles. The molecule has 3 aromatic rings. The number of amides is 1. The van der Waals surface area contributed by atoms with Gasteiger partial charge in [-0.05, 0) is 24.1 Å². The highest BCUT2D eigenvalue weighted by Gasteiger charge is 2.19. The highest BCUT2D eigenvalue weighted by Crippen LogP contribution is 2.16. The average Bonchev–Trinajstić information content (AvgIpc) is 3.01. The van der Waals surface area contributed by atoms with Crippen molar-refractivity contribution in [3.8, 4) is 0 Å². The molecule has 0 saturated carbocycles. The molecule has 0 spiro atoms. The predicted octanol–water partition coefficient (Wildman–Crippen LogP) is 2.69. The smallest absolute Gasteiger partial charge is 0.253 e. The Morgan fingerprint density at radius 3 is 2.75 bits per heavy atom. The third kappa shape index (κ3) is 3.46. The first kappa shape index (κ1) is 16.2.